The van der Waals surface area contributed by atoms with E-state index < -0.39 is 30.4 Å². The number of hydrogen-bond donors (Lipinski definition) is 3. The van der Waals surface area contributed by atoms with Crippen molar-refractivity contribution in [3.63, 3.8) is 0 Å². The monoisotopic (exact) mass is 375 g/mol. The number of nitrogens with one attached hydrogen (secondary N) is 2. The molecule has 0 aliphatic rings. The standard InChI is InChI=1S/C19H25N3O5/c1-5-11(2)17(19(26)20-10-16(23)24)21-18(25)15-9-12-8-13(27-4)6-7-14(12)22(15)3/h6-9,11,17H,5,10H2,1-4H3,(H,20,26)(H,21,25)(H,23,24). The predicted octanol–water partition coefficient (Wildman–Crippen LogP) is 1.53. The molecular weight excluding hydrogens is 350 g/mol. The molecule has 2 unspecified atom stereocenters. The van der Waals surface area contributed by atoms with Crippen LogP contribution in [-0.2, 0) is 16.6 Å². The molecular formula is C19H25N3O5. The number of rotatable bonds is 8. The molecule has 1 heterocycles. The van der Waals surface area contributed by atoms with Crippen molar-refractivity contribution in [3.05, 3.63) is 30.0 Å². The van der Waals surface area contributed by atoms with Crippen LogP contribution in [0.5, 0.6) is 5.75 Å². The highest BCUT2D eigenvalue weighted by molar-refractivity contribution is 6.01. The van der Waals surface area contributed by atoms with Crippen LogP contribution < -0.4 is 15.4 Å². The highest BCUT2D eigenvalue weighted by atomic mass is 16.5. The van der Waals surface area contributed by atoms with E-state index in [0.29, 0.717) is 17.9 Å². The van der Waals surface area contributed by atoms with E-state index in [2.05, 4.69) is 10.6 Å². The van der Waals surface area contributed by atoms with E-state index in [1.165, 1.54) is 0 Å². The van der Waals surface area contributed by atoms with Gasteiger partial charge in [-0.15, -0.1) is 0 Å². The smallest absolute Gasteiger partial charge is 0.322 e. The van der Waals surface area contributed by atoms with Crippen molar-refractivity contribution in [2.75, 3.05) is 13.7 Å². The number of carboxylic acid groups (broad SMARTS) is 1. The van der Waals surface area contributed by atoms with E-state index in [0.717, 1.165) is 10.9 Å². The Hall–Kier alpha value is -3.03. The van der Waals surface area contributed by atoms with Crippen molar-refractivity contribution in [2.24, 2.45) is 13.0 Å². The number of benzene rings is 1. The minimum Gasteiger partial charge on any atom is -0.497 e. The molecule has 2 rings (SSSR count). The summed E-state index contributed by atoms with van der Waals surface area (Å²) in [7, 11) is 3.34. The quantitative estimate of drug-likeness (QED) is 0.648. The molecule has 0 aliphatic carbocycles. The topological polar surface area (TPSA) is 110 Å². The maximum atomic E-state index is 12.8. The summed E-state index contributed by atoms with van der Waals surface area (Å²) in [5, 5.41) is 14.7. The van der Waals surface area contributed by atoms with Crippen LogP contribution in [-0.4, -0.2) is 47.2 Å². The fourth-order valence-corrected chi connectivity index (χ4v) is 2.86. The number of carbonyl (C=O) groups is 3. The van der Waals surface area contributed by atoms with Gasteiger partial charge < -0.3 is 25.0 Å². The zero-order chi connectivity index (χ0) is 20.1. The van der Waals surface area contributed by atoms with Crippen LogP contribution in [0.4, 0.5) is 0 Å². The van der Waals surface area contributed by atoms with Crippen molar-refractivity contribution in [1.29, 1.82) is 0 Å². The van der Waals surface area contributed by atoms with Crippen LogP contribution in [0.15, 0.2) is 24.3 Å². The summed E-state index contributed by atoms with van der Waals surface area (Å²) in [5.74, 6) is -1.52. The Morgan fingerprint density at radius 1 is 1.26 bits per heavy atom. The Bertz CT molecular complexity index is 858. The SMILES string of the molecule is CCC(C)C(NC(=O)c1cc2cc(OC)ccc2n1C)C(=O)NCC(=O)O. The molecule has 2 aromatic rings. The molecule has 0 aliphatic heterocycles. The summed E-state index contributed by atoms with van der Waals surface area (Å²) < 4.78 is 6.95. The van der Waals surface area contributed by atoms with Crippen molar-refractivity contribution in [3.8, 4) is 5.75 Å². The lowest BCUT2D eigenvalue weighted by Gasteiger charge is -2.23. The first kappa shape index (κ1) is 20.3. The van der Waals surface area contributed by atoms with Gasteiger partial charge >= 0.3 is 5.97 Å². The molecule has 0 bridgehead atoms. The number of aliphatic carboxylic acids is 1. The van der Waals surface area contributed by atoms with E-state index in [1.54, 1.807) is 24.8 Å². The number of methoxy groups -OCH3 is 1. The average molecular weight is 375 g/mol. The Morgan fingerprint density at radius 3 is 2.56 bits per heavy atom. The van der Waals surface area contributed by atoms with Gasteiger partial charge in [-0.2, -0.15) is 0 Å². The van der Waals surface area contributed by atoms with E-state index >= 15 is 0 Å². The lowest BCUT2D eigenvalue weighted by Crippen LogP contribution is -2.51. The molecule has 8 heteroatoms. The average Bonchev–Trinajstić information content (AvgIpc) is 2.99. The molecule has 0 spiro atoms. The Kier molecular flexibility index (Phi) is 6.44. The third-order valence-corrected chi connectivity index (χ3v) is 4.68. The van der Waals surface area contributed by atoms with Gasteiger partial charge in [0.15, 0.2) is 0 Å². The number of carbonyl (C=O) groups excluding carboxylic acids is 2. The fraction of sp³-hybridized carbons (Fsp3) is 0.421. The Labute approximate surface area is 157 Å². The minimum absolute atomic E-state index is 0.155. The summed E-state index contributed by atoms with van der Waals surface area (Å²) in [5.41, 5.74) is 1.26. The molecule has 0 saturated heterocycles. The van der Waals surface area contributed by atoms with Crippen molar-refractivity contribution in [2.45, 2.75) is 26.3 Å². The highest BCUT2D eigenvalue weighted by Gasteiger charge is 2.27. The van der Waals surface area contributed by atoms with Gasteiger partial charge in [-0.3, -0.25) is 14.4 Å². The molecule has 146 valence electrons. The zero-order valence-electron chi connectivity index (χ0n) is 15.9. The third kappa shape index (κ3) is 4.58. The van der Waals surface area contributed by atoms with E-state index in [-0.39, 0.29) is 5.92 Å². The summed E-state index contributed by atoms with van der Waals surface area (Å²) in [6.07, 6.45) is 0.651. The van der Waals surface area contributed by atoms with Crippen LogP contribution in [0.1, 0.15) is 30.8 Å². The lowest BCUT2D eigenvalue weighted by molar-refractivity contribution is -0.138. The van der Waals surface area contributed by atoms with Gasteiger partial charge in [-0.25, -0.2) is 0 Å². The van der Waals surface area contributed by atoms with Crippen molar-refractivity contribution in [1.82, 2.24) is 15.2 Å². The van der Waals surface area contributed by atoms with Gasteiger partial charge in [0.05, 0.1) is 7.11 Å². The summed E-state index contributed by atoms with van der Waals surface area (Å²) in [6.45, 7) is 3.24. The first-order chi connectivity index (χ1) is 12.8. The molecule has 3 N–H and O–H groups in total. The summed E-state index contributed by atoms with van der Waals surface area (Å²) in [4.78, 5) is 35.8. The Morgan fingerprint density at radius 2 is 1.96 bits per heavy atom. The number of fused-ring (bicyclic) bond motifs is 1. The zero-order valence-corrected chi connectivity index (χ0v) is 15.9. The van der Waals surface area contributed by atoms with Crippen LogP contribution >= 0.6 is 0 Å². The van der Waals surface area contributed by atoms with Crippen LogP contribution in [0.25, 0.3) is 10.9 Å². The molecule has 27 heavy (non-hydrogen) atoms. The molecule has 2 atom stereocenters. The molecule has 0 radical (unpaired) electrons. The van der Waals surface area contributed by atoms with Crippen LogP contribution in [0, 0.1) is 5.92 Å². The second kappa shape index (κ2) is 8.57. The number of carboxylic acids is 1. The first-order valence-corrected chi connectivity index (χ1v) is 8.72. The minimum atomic E-state index is -1.14. The summed E-state index contributed by atoms with van der Waals surface area (Å²) in [6, 6.07) is 6.41. The van der Waals surface area contributed by atoms with Gasteiger partial charge in [-0.1, -0.05) is 20.3 Å². The summed E-state index contributed by atoms with van der Waals surface area (Å²) >= 11 is 0. The van der Waals surface area contributed by atoms with E-state index in [9.17, 15) is 14.4 Å². The van der Waals surface area contributed by atoms with Crippen molar-refractivity contribution < 1.29 is 24.2 Å². The number of hydrogen-bond acceptors (Lipinski definition) is 4. The second-order valence-electron chi connectivity index (χ2n) is 6.46. The highest BCUT2D eigenvalue weighted by Crippen LogP contribution is 2.24. The fourth-order valence-electron chi connectivity index (χ4n) is 2.86. The van der Waals surface area contributed by atoms with Crippen molar-refractivity contribution >= 4 is 28.7 Å². The molecule has 0 saturated carbocycles. The van der Waals surface area contributed by atoms with Gasteiger partial charge in [0.25, 0.3) is 5.91 Å². The van der Waals surface area contributed by atoms with Gasteiger partial charge in [-0.05, 0) is 30.2 Å². The number of aromatic nitrogens is 1. The molecule has 1 aromatic heterocycles. The third-order valence-electron chi connectivity index (χ3n) is 4.68. The number of ether oxygens (including phenoxy) is 1. The van der Waals surface area contributed by atoms with E-state index in [4.69, 9.17) is 9.84 Å². The maximum absolute atomic E-state index is 12.8. The maximum Gasteiger partial charge on any atom is 0.322 e. The number of aryl methyl sites for hydroxylation is 1. The molecule has 1 aromatic carbocycles. The Balaban J connectivity index is 2.26. The van der Waals surface area contributed by atoms with Crippen LogP contribution in [0.3, 0.4) is 0 Å². The molecule has 2 amide bonds. The lowest BCUT2D eigenvalue weighted by atomic mass is 9.98. The van der Waals surface area contributed by atoms with E-state index in [1.807, 2.05) is 32.0 Å². The number of nitrogens with zero attached hydrogens (tertiary/aromatic N) is 1. The molecule has 8 nitrogen and oxygen atoms in total. The van der Waals surface area contributed by atoms with Crippen LogP contribution in [0.2, 0.25) is 0 Å². The number of amides is 2. The normalized spacial score (nSPS) is 13.0. The first-order valence-electron chi connectivity index (χ1n) is 8.72. The van der Waals surface area contributed by atoms with Gasteiger partial charge in [0.1, 0.15) is 24.0 Å². The second-order valence-corrected chi connectivity index (χ2v) is 6.46. The molecule has 0 fully saturated rings. The van der Waals surface area contributed by atoms with Gasteiger partial charge in [0.2, 0.25) is 5.91 Å². The van der Waals surface area contributed by atoms with Gasteiger partial charge in [0, 0.05) is 18.0 Å². The largest absolute Gasteiger partial charge is 0.497 e. The predicted molar refractivity (Wildman–Crippen MR) is 101 cm³/mol.